The summed E-state index contributed by atoms with van der Waals surface area (Å²) < 4.78 is 0. The van der Waals surface area contributed by atoms with E-state index in [1.807, 2.05) is 30.5 Å². The van der Waals surface area contributed by atoms with Crippen LogP contribution in [0, 0.1) is 0 Å². The average Bonchev–Trinajstić information content (AvgIpc) is 2.25. The van der Waals surface area contributed by atoms with E-state index in [-0.39, 0.29) is 6.61 Å². The Morgan fingerprint density at radius 2 is 2.14 bits per heavy atom. The second-order valence-corrected chi connectivity index (χ2v) is 3.25. The van der Waals surface area contributed by atoms with Crippen LogP contribution in [0.2, 0.25) is 0 Å². The van der Waals surface area contributed by atoms with Gasteiger partial charge in [0.1, 0.15) is 0 Å². The number of nitrogens with zero attached hydrogens (tertiary/aromatic N) is 1. The summed E-state index contributed by atoms with van der Waals surface area (Å²) in [5.41, 5.74) is 1.96. The van der Waals surface area contributed by atoms with E-state index in [1.54, 1.807) is 0 Å². The third-order valence-electron chi connectivity index (χ3n) is 2.10. The van der Waals surface area contributed by atoms with Crippen molar-refractivity contribution in [3.63, 3.8) is 0 Å². The molecule has 0 saturated carbocycles. The molecule has 2 heteroatoms. The quantitative estimate of drug-likeness (QED) is 0.562. The Hall–Kier alpha value is -1.15. The molecule has 1 N–H and O–H groups in total. The van der Waals surface area contributed by atoms with Crippen molar-refractivity contribution in [3.8, 4) is 0 Å². The molecule has 0 amide bonds. The maximum atomic E-state index is 9.06. The Balaban J connectivity index is 2.61. The maximum Gasteiger partial charge on any atom is 0.0688 e. The summed E-state index contributed by atoms with van der Waals surface area (Å²) in [4.78, 5) is 4.30. The normalized spacial score (nSPS) is 11.0. The van der Waals surface area contributed by atoms with Crippen LogP contribution in [-0.2, 0) is 6.61 Å². The molecular weight excluding hydrogens is 174 g/mol. The third kappa shape index (κ3) is 3.30. The van der Waals surface area contributed by atoms with Crippen LogP contribution in [0.1, 0.15) is 30.9 Å². The van der Waals surface area contributed by atoms with Crippen molar-refractivity contribution in [2.45, 2.75) is 26.4 Å². The predicted molar refractivity (Wildman–Crippen MR) is 59.7 cm³/mol. The van der Waals surface area contributed by atoms with Crippen LogP contribution in [-0.4, -0.2) is 17.9 Å². The van der Waals surface area contributed by atoms with Crippen LogP contribution in [0.5, 0.6) is 0 Å². The standard InChI is InChI=1S/C12H17NO/c1-2-3-8-13-9-11-6-4-5-7-12(11)10-14/h4-7,9,14H,2-3,8,10H2,1H3/b13-9+. The van der Waals surface area contributed by atoms with Crippen LogP contribution < -0.4 is 0 Å². The van der Waals surface area contributed by atoms with Crippen LogP contribution in [0.3, 0.4) is 0 Å². The van der Waals surface area contributed by atoms with Crippen molar-refractivity contribution in [1.29, 1.82) is 0 Å². The lowest BCUT2D eigenvalue weighted by atomic mass is 10.1. The first-order valence-corrected chi connectivity index (χ1v) is 5.07. The Morgan fingerprint density at radius 1 is 1.36 bits per heavy atom. The first kappa shape index (κ1) is 10.9. The fraction of sp³-hybridized carbons (Fsp3) is 0.417. The zero-order valence-corrected chi connectivity index (χ0v) is 8.61. The number of hydrogen-bond donors (Lipinski definition) is 1. The van der Waals surface area contributed by atoms with Gasteiger partial charge in [-0.2, -0.15) is 0 Å². The van der Waals surface area contributed by atoms with E-state index in [4.69, 9.17) is 5.11 Å². The van der Waals surface area contributed by atoms with Crippen LogP contribution in [0.15, 0.2) is 29.3 Å². The summed E-state index contributed by atoms with van der Waals surface area (Å²) in [6, 6.07) is 7.78. The van der Waals surface area contributed by atoms with Crippen molar-refractivity contribution in [1.82, 2.24) is 0 Å². The molecule has 1 rings (SSSR count). The minimum atomic E-state index is 0.0793. The number of benzene rings is 1. The third-order valence-corrected chi connectivity index (χ3v) is 2.10. The lowest BCUT2D eigenvalue weighted by Crippen LogP contribution is -1.92. The second-order valence-electron chi connectivity index (χ2n) is 3.25. The van der Waals surface area contributed by atoms with E-state index in [9.17, 15) is 0 Å². The van der Waals surface area contributed by atoms with Gasteiger partial charge >= 0.3 is 0 Å². The smallest absolute Gasteiger partial charge is 0.0688 e. The van der Waals surface area contributed by atoms with Crippen LogP contribution in [0.4, 0.5) is 0 Å². The van der Waals surface area contributed by atoms with E-state index in [2.05, 4.69) is 11.9 Å². The Morgan fingerprint density at radius 3 is 2.86 bits per heavy atom. The summed E-state index contributed by atoms with van der Waals surface area (Å²) >= 11 is 0. The van der Waals surface area contributed by atoms with Crippen LogP contribution in [0.25, 0.3) is 0 Å². The highest BCUT2D eigenvalue weighted by molar-refractivity contribution is 5.81. The highest BCUT2D eigenvalue weighted by Gasteiger charge is 1.95. The molecule has 0 radical (unpaired) electrons. The summed E-state index contributed by atoms with van der Waals surface area (Å²) in [6.45, 7) is 3.10. The second kappa shape index (κ2) is 6.33. The molecule has 76 valence electrons. The molecule has 0 saturated heterocycles. The summed E-state index contributed by atoms with van der Waals surface area (Å²) in [5, 5.41) is 9.06. The van der Waals surface area contributed by atoms with Crippen LogP contribution >= 0.6 is 0 Å². The zero-order chi connectivity index (χ0) is 10.2. The van der Waals surface area contributed by atoms with Crippen molar-refractivity contribution < 1.29 is 5.11 Å². The minimum absolute atomic E-state index is 0.0793. The Labute approximate surface area is 85.3 Å². The highest BCUT2D eigenvalue weighted by Crippen LogP contribution is 2.05. The molecule has 0 spiro atoms. The van der Waals surface area contributed by atoms with Gasteiger partial charge in [0.05, 0.1) is 6.61 Å². The van der Waals surface area contributed by atoms with Gasteiger partial charge in [0, 0.05) is 12.8 Å². The molecule has 0 aliphatic rings. The Kier molecular flexibility index (Phi) is 4.94. The fourth-order valence-corrected chi connectivity index (χ4v) is 1.22. The minimum Gasteiger partial charge on any atom is -0.392 e. The van der Waals surface area contributed by atoms with Gasteiger partial charge in [0.25, 0.3) is 0 Å². The van der Waals surface area contributed by atoms with E-state index in [0.29, 0.717) is 0 Å². The molecule has 0 aromatic heterocycles. The van der Waals surface area contributed by atoms with Gasteiger partial charge in [-0.1, -0.05) is 37.6 Å². The lowest BCUT2D eigenvalue weighted by Gasteiger charge is -2.00. The van der Waals surface area contributed by atoms with Crippen molar-refractivity contribution in [2.75, 3.05) is 6.54 Å². The van der Waals surface area contributed by atoms with Crippen molar-refractivity contribution in [3.05, 3.63) is 35.4 Å². The molecule has 0 atom stereocenters. The molecule has 2 nitrogen and oxygen atoms in total. The number of hydrogen-bond acceptors (Lipinski definition) is 2. The summed E-state index contributed by atoms with van der Waals surface area (Å²) in [6.07, 6.45) is 4.14. The van der Waals surface area contributed by atoms with Gasteiger partial charge in [0.15, 0.2) is 0 Å². The van der Waals surface area contributed by atoms with Crippen molar-refractivity contribution >= 4 is 6.21 Å². The van der Waals surface area contributed by atoms with E-state index >= 15 is 0 Å². The number of rotatable bonds is 5. The number of aliphatic hydroxyl groups excluding tert-OH is 1. The topological polar surface area (TPSA) is 32.6 Å². The first-order chi connectivity index (χ1) is 6.88. The zero-order valence-electron chi connectivity index (χ0n) is 8.61. The molecule has 1 aromatic rings. The maximum absolute atomic E-state index is 9.06. The summed E-state index contributed by atoms with van der Waals surface area (Å²) in [7, 11) is 0. The van der Waals surface area contributed by atoms with E-state index in [1.165, 1.54) is 6.42 Å². The van der Waals surface area contributed by atoms with E-state index in [0.717, 1.165) is 24.1 Å². The molecule has 14 heavy (non-hydrogen) atoms. The largest absolute Gasteiger partial charge is 0.392 e. The molecule has 0 fully saturated rings. The molecule has 0 heterocycles. The lowest BCUT2D eigenvalue weighted by molar-refractivity contribution is 0.281. The molecular formula is C12H17NO. The summed E-state index contributed by atoms with van der Waals surface area (Å²) in [5.74, 6) is 0. The van der Waals surface area contributed by atoms with Gasteiger partial charge in [0.2, 0.25) is 0 Å². The first-order valence-electron chi connectivity index (χ1n) is 5.07. The average molecular weight is 191 g/mol. The number of unbranched alkanes of at least 4 members (excludes halogenated alkanes) is 1. The molecule has 0 bridgehead atoms. The van der Waals surface area contributed by atoms with Gasteiger partial charge in [-0.05, 0) is 17.5 Å². The van der Waals surface area contributed by atoms with Gasteiger partial charge < -0.3 is 5.11 Å². The number of aliphatic imine (C=N–C) groups is 1. The highest BCUT2D eigenvalue weighted by atomic mass is 16.3. The SMILES string of the molecule is CCCC/N=C/c1ccccc1CO. The predicted octanol–water partition coefficient (Wildman–Crippen LogP) is 2.40. The van der Waals surface area contributed by atoms with Gasteiger partial charge in [-0.3, -0.25) is 4.99 Å². The monoisotopic (exact) mass is 191 g/mol. The molecule has 0 aliphatic carbocycles. The Bertz CT molecular complexity index is 294. The van der Waals surface area contributed by atoms with Gasteiger partial charge in [-0.15, -0.1) is 0 Å². The van der Waals surface area contributed by atoms with E-state index < -0.39 is 0 Å². The van der Waals surface area contributed by atoms with Gasteiger partial charge in [-0.25, -0.2) is 0 Å². The molecule has 0 aliphatic heterocycles. The fourth-order valence-electron chi connectivity index (χ4n) is 1.22. The number of aliphatic hydroxyl groups is 1. The van der Waals surface area contributed by atoms with Crippen molar-refractivity contribution in [2.24, 2.45) is 4.99 Å². The molecule has 0 unspecified atom stereocenters. The molecule has 1 aromatic carbocycles.